The number of aliphatic hydroxyl groups is 1. The Bertz CT molecular complexity index is 1460. The number of carbonyl (C=O) groups excluding carboxylic acids is 3. The second-order valence-corrected chi connectivity index (χ2v) is 16.1. The highest BCUT2D eigenvalue weighted by molar-refractivity contribution is 5.94. The molecule has 260 valence electrons. The van der Waals surface area contributed by atoms with E-state index in [2.05, 4.69) is 31.4 Å². The second-order valence-electron chi connectivity index (χ2n) is 16.1. The van der Waals surface area contributed by atoms with Crippen molar-refractivity contribution in [2.24, 2.45) is 46.3 Å². The first-order chi connectivity index (χ1) is 23.0. The van der Waals surface area contributed by atoms with Gasteiger partial charge in [-0.3, -0.25) is 19.6 Å². The summed E-state index contributed by atoms with van der Waals surface area (Å²) < 4.78 is 0. The molecule has 0 saturated heterocycles. The van der Waals surface area contributed by atoms with Crippen LogP contribution in [0.5, 0.6) is 0 Å². The molecule has 0 aromatic heterocycles. The topological polar surface area (TPSA) is 128 Å². The Kier molecular flexibility index (Phi) is 10.3. The largest absolute Gasteiger partial charge is 0.393 e. The zero-order chi connectivity index (χ0) is 34.1. The second kappa shape index (κ2) is 14.3. The number of aliphatic hydroxyl groups excluding tert-OH is 1. The van der Waals surface area contributed by atoms with E-state index in [-0.39, 0.29) is 23.3 Å². The summed E-state index contributed by atoms with van der Waals surface area (Å²) in [5, 5.41) is 26.2. The average Bonchev–Trinajstić information content (AvgIpc) is 3.46. The lowest BCUT2D eigenvalue weighted by atomic mass is 9.44. The molecule has 8 heteroatoms. The Morgan fingerprint density at radius 1 is 0.792 bits per heavy atom. The molecule has 0 radical (unpaired) electrons. The molecule has 6 rings (SSSR count). The molecule has 4 saturated carbocycles. The molecule has 0 bridgehead atoms. The van der Waals surface area contributed by atoms with Gasteiger partial charge >= 0.3 is 0 Å². The van der Waals surface area contributed by atoms with Crippen LogP contribution >= 0.6 is 0 Å². The van der Waals surface area contributed by atoms with E-state index in [9.17, 15) is 19.5 Å². The number of carbonyl (C=O) groups is 3. The molecule has 3 amide bonds. The van der Waals surface area contributed by atoms with Crippen LogP contribution in [0.4, 0.5) is 0 Å². The fourth-order valence-corrected chi connectivity index (χ4v) is 11.0. The summed E-state index contributed by atoms with van der Waals surface area (Å²) in [6.45, 7) is 8.16. The van der Waals surface area contributed by atoms with Crippen molar-refractivity contribution in [2.75, 3.05) is 0 Å². The van der Waals surface area contributed by atoms with Gasteiger partial charge in [0.15, 0.2) is 0 Å². The molecule has 2 aromatic rings. The fourth-order valence-electron chi connectivity index (χ4n) is 11.0. The van der Waals surface area contributed by atoms with E-state index >= 15 is 0 Å². The van der Waals surface area contributed by atoms with E-state index in [0.717, 1.165) is 24.0 Å². The predicted molar refractivity (Wildman–Crippen MR) is 185 cm³/mol. The molecule has 8 unspecified atom stereocenters. The zero-order valence-corrected chi connectivity index (χ0v) is 29.0. The molecule has 9 atom stereocenters. The molecule has 5 N–H and O–H groups in total. The van der Waals surface area contributed by atoms with Crippen LogP contribution in [0.1, 0.15) is 123 Å². The summed E-state index contributed by atoms with van der Waals surface area (Å²) in [4.78, 5) is 37.0. The van der Waals surface area contributed by atoms with Crippen molar-refractivity contribution >= 4 is 17.7 Å². The van der Waals surface area contributed by atoms with Gasteiger partial charge in [0.1, 0.15) is 0 Å². The van der Waals surface area contributed by atoms with Crippen LogP contribution in [-0.2, 0) is 17.9 Å². The third-order valence-corrected chi connectivity index (χ3v) is 13.7. The number of nitrogens with one attached hydrogen (secondary N) is 3. The van der Waals surface area contributed by atoms with E-state index in [1.807, 2.05) is 12.1 Å². The Hall–Kier alpha value is -3.23. The van der Waals surface area contributed by atoms with Crippen molar-refractivity contribution in [3.63, 3.8) is 0 Å². The van der Waals surface area contributed by atoms with Crippen LogP contribution in [0.15, 0.2) is 48.5 Å². The molecule has 0 heterocycles. The molecule has 0 spiro atoms. The minimum absolute atomic E-state index is 0.0635. The lowest BCUT2D eigenvalue weighted by molar-refractivity contribution is -0.164. The zero-order valence-electron chi connectivity index (χ0n) is 29.0. The van der Waals surface area contributed by atoms with Crippen molar-refractivity contribution in [3.8, 4) is 0 Å². The number of fused-ring (bicyclic) bond motifs is 5. The lowest BCUT2D eigenvalue weighted by Crippen LogP contribution is -2.57. The van der Waals surface area contributed by atoms with Crippen LogP contribution in [0.25, 0.3) is 0 Å². The minimum Gasteiger partial charge on any atom is -0.393 e. The normalized spacial score (nSPS) is 33.0. The Labute approximate surface area is 285 Å². The van der Waals surface area contributed by atoms with E-state index in [1.165, 1.54) is 51.4 Å². The van der Waals surface area contributed by atoms with Gasteiger partial charge in [-0.05, 0) is 133 Å². The van der Waals surface area contributed by atoms with Crippen molar-refractivity contribution < 1.29 is 24.7 Å². The van der Waals surface area contributed by atoms with E-state index in [1.54, 1.807) is 41.9 Å². The molecule has 4 aliphatic carbocycles. The minimum atomic E-state index is -0.585. The number of hydrogen-bond donors (Lipinski definition) is 5. The van der Waals surface area contributed by atoms with Crippen molar-refractivity contribution in [1.82, 2.24) is 16.1 Å². The van der Waals surface area contributed by atoms with Crippen LogP contribution in [0.2, 0.25) is 0 Å². The lowest BCUT2D eigenvalue weighted by Gasteiger charge is -2.62. The maximum atomic E-state index is 12.9. The van der Waals surface area contributed by atoms with Gasteiger partial charge in [0.25, 0.3) is 11.8 Å². The Morgan fingerprint density at radius 3 is 2.08 bits per heavy atom. The first-order valence-electron chi connectivity index (χ1n) is 18.4. The number of hydroxylamine groups is 1. The van der Waals surface area contributed by atoms with Gasteiger partial charge in [-0.1, -0.05) is 57.9 Å². The number of rotatable bonds is 10. The monoisotopic (exact) mass is 657 g/mol. The van der Waals surface area contributed by atoms with E-state index in [4.69, 9.17) is 5.21 Å². The van der Waals surface area contributed by atoms with Crippen molar-refractivity contribution in [3.05, 3.63) is 70.8 Å². The van der Waals surface area contributed by atoms with Crippen LogP contribution in [0, 0.1) is 46.3 Å². The number of hydrogen-bond acceptors (Lipinski definition) is 5. The molecule has 0 aliphatic heterocycles. The summed E-state index contributed by atoms with van der Waals surface area (Å²) >= 11 is 0. The predicted octanol–water partition coefficient (Wildman–Crippen LogP) is 6.79. The highest BCUT2D eigenvalue weighted by atomic mass is 16.5. The third kappa shape index (κ3) is 6.80. The van der Waals surface area contributed by atoms with Gasteiger partial charge in [-0.25, -0.2) is 5.48 Å². The molecule has 4 aliphatic rings. The third-order valence-electron chi connectivity index (χ3n) is 13.7. The molecule has 48 heavy (non-hydrogen) atoms. The average molecular weight is 658 g/mol. The quantitative estimate of drug-likeness (QED) is 0.142. The molecule has 4 fully saturated rings. The van der Waals surface area contributed by atoms with Crippen LogP contribution < -0.4 is 16.1 Å². The highest BCUT2D eigenvalue weighted by Crippen LogP contribution is 2.68. The van der Waals surface area contributed by atoms with Crippen LogP contribution in [0.3, 0.4) is 0 Å². The van der Waals surface area contributed by atoms with Gasteiger partial charge < -0.3 is 15.7 Å². The fraction of sp³-hybridized carbons (Fsp3) is 0.625. The summed E-state index contributed by atoms with van der Waals surface area (Å²) in [6, 6.07) is 13.9. The van der Waals surface area contributed by atoms with Crippen molar-refractivity contribution in [1.29, 1.82) is 0 Å². The Balaban J connectivity index is 0.952. The summed E-state index contributed by atoms with van der Waals surface area (Å²) in [5.41, 5.74) is 4.89. The van der Waals surface area contributed by atoms with Gasteiger partial charge in [0, 0.05) is 30.6 Å². The molecular formula is C40H55N3O5. The summed E-state index contributed by atoms with van der Waals surface area (Å²) in [5.74, 6) is 2.76. The van der Waals surface area contributed by atoms with E-state index < -0.39 is 5.91 Å². The van der Waals surface area contributed by atoms with Gasteiger partial charge in [0.2, 0.25) is 5.91 Å². The smallest absolute Gasteiger partial charge is 0.274 e. The molecule has 2 aromatic carbocycles. The number of amides is 3. The van der Waals surface area contributed by atoms with Gasteiger partial charge in [-0.2, -0.15) is 0 Å². The van der Waals surface area contributed by atoms with Gasteiger partial charge in [0.05, 0.1) is 6.10 Å². The van der Waals surface area contributed by atoms with E-state index in [0.29, 0.717) is 71.6 Å². The maximum absolute atomic E-state index is 12.9. The first kappa shape index (κ1) is 34.6. The standard InChI is InChI=1S/C40H55N3O5/c1-25(31-16-17-32-36-33(19-21-40(31,32)3)39(2)20-5-4-6-30(39)22-34(36)44)7-18-35(45)41-23-26-8-12-28(13-9-26)37(46)42-24-27-10-14-29(15-11-27)38(47)43-48/h8-15,25,30-34,36,44,48H,4-7,16-24H2,1-3H3,(H,41,45)(H,42,46)(H,43,47)/t25-,30?,31?,32?,33?,34?,36?,39?,40?/m1/s1. The molecular weight excluding hydrogens is 602 g/mol. The Morgan fingerprint density at radius 2 is 1.42 bits per heavy atom. The number of benzene rings is 2. The summed E-state index contributed by atoms with van der Waals surface area (Å²) in [6.07, 6.45) is 12.6. The SMILES string of the molecule is C[C@H](CCC(=O)NCc1ccc(C(=O)NCc2ccc(C(=O)NO)cc2)cc1)C1CCC2C3C(O)CC4CCCCC4(C)C3CCC21C. The van der Waals surface area contributed by atoms with Gasteiger partial charge in [-0.15, -0.1) is 0 Å². The van der Waals surface area contributed by atoms with Crippen LogP contribution in [-0.4, -0.2) is 34.1 Å². The highest BCUT2D eigenvalue weighted by Gasteiger charge is 2.62. The van der Waals surface area contributed by atoms with Crippen molar-refractivity contribution in [2.45, 2.75) is 111 Å². The molecule has 8 nitrogen and oxygen atoms in total. The maximum Gasteiger partial charge on any atom is 0.274 e. The summed E-state index contributed by atoms with van der Waals surface area (Å²) in [7, 11) is 0. The first-order valence-corrected chi connectivity index (χ1v) is 18.4.